The first-order chi connectivity index (χ1) is 10.5. The first-order valence-corrected chi connectivity index (χ1v) is 7.52. The quantitative estimate of drug-likeness (QED) is 0.859. The second-order valence-electron chi connectivity index (χ2n) is 5.86. The van der Waals surface area contributed by atoms with Gasteiger partial charge in [0.25, 0.3) is 0 Å². The largest absolute Gasteiger partial charge is 0.491 e. The summed E-state index contributed by atoms with van der Waals surface area (Å²) in [5, 5.41) is 2.65. The summed E-state index contributed by atoms with van der Waals surface area (Å²) in [6.45, 7) is 4.94. The number of carbonyl (C=O) groups excluding carboxylic acids is 1. The van der Waals surface area contributed by atoms with E-state index in [0.717, 1.165) is 0 Å². The number of benzene rings is 1. The molecule has 0 unspecified atom stereocenters. The number of rotatable bonds is 5. The zero-order valence-electron chi connectivity index (χ0n) is 13.4. The fourth-order valence-corrected chi connectivity index (χ4v) is 2.48. The molecule has 1 aliphatic rings. The Kier molecular flexibility index (Phi) is 7.25. The van der Waals surface area contributed by atoms with Gasteiger partial charge >= 0.3 is 0 Å². The van der Waals surface area contributed by atoms with Crippen molar-refractivity contribution in [3.05, 3.63) is 24.0 Å². The summed E-state index contributed by atoms with van der Waals surface area (Å²) in [6, 6.07) is 4.42. The van der Waals surface area contributed by atoms with Gasteiger partial charge < -0.3 is 20.5 Å². The Balaban J connectivity index is 0.00000264. The fourth-order valence-electron chi connectivity index (χ4n) is 2.48. The number of nitrogens with two attached hydrogens (primary N) is 1. The van der Waals surface area contributed by atoms with E-state index in [0.29, 0.717) is 31.8 Å². The van der Waals surface area contributed by atoms with Gasteiger partial charge in [0.15, 0.2) is 0 Å². The van der Waals surface area contributed by atoms with Crippen molar-refractivity contribution in [2.45, 2.75) is 32.8 Å². The smallest absolute Gasteiger partial charge is 0.232 e. The van der Waals surface area contributed by atoms with Crippen molar-refractivity contribution in [3.8, 4) is 5.75 Å². The van der Waals surface area contributed by atoms with Gasteiger partial charge in [-0.15, -0.1) is 12.4 Å². The maximum absolute atomic E-state index is 14.1. The van der Waals surface area contributed by atoms with Gasteiger partial charge in [-0.1, -0.05) is 0 Å². The molecule has 0 saturated carbocycles. The van der Waals surface area contributed by atoms with Gasteiger partial charge in [0, 0.05) is 25.8 Å². The Morgan fingerprint density at radius 1 is 1.43 bits per heavy atom. The molecule has 0 bridgehead atoms. The van der Waals surface area contributed by atoms with Crippen molar-refractivity contribution in [2.75, 3.05) is 25.1 Å². The molecule has 1 amide bonds. The van der Waals surface area contributed by atoms with Crippen LogP contribution in [0.3, 0.4) is 0 Å². The topological polar surface area (TPSA) is 73.6 Å². The minimum absolute atomic E-state index is 0. The number of hydrogen-bond donors (Lipinski definition) is 2. The van der Waals surface area contributed by atoms with E-state index in [9.17, 15) is 9.18 Å². The van der Waals surface area contributed by atoms with Crippen LogP contribution in [0.1, 0.15) is 26.7 Å². The number of halogens is 2. The van der Waals surface area contributed by atoms with Crippen LogP contribution in [-0.2, 0) is 9.53 Å². The van der Waals surface area contributed by atoms with Gasteiger partial charge in [-0.3, -0.25) is 4.79 Å². The predicted molar refractivity (Wildman–Crippen MR) is 89.6 cm³/mol. The van der Waals surface area contributed by atoms with E-state index in [-0.39, 0.29) is 36.7 Å². The third-order valence-corrected chi connectivity index (χ3v) is 3.88. The number of ether oxygens (including phenoxy) is 2. The SMILES string of the molecule is CC(C)Oc1ccc(NC(=O)C2(CN)CCOCC2)c(F)c1.Cl. The average molecular weight is 347 g/mol. The fraction of sp³-hybridized carbons (Fsp3) is 0.562. The first kappa shape index (κ1) is 19.7. The van der Waals surface area contributed by atoms with Gasteiger partial charge in [-0.2, -0.15) is 0 Å². The summed E-state index contributed by atoms with van der Waals surface area (Å²) in [5.41, 5.74) is 5.24. The lowest BCUT2D eigenvalue weighted by atomic mass is 9.79. The molecule has 3 N–H and O–H groups in total. The zero-order chi connectivity index (χ0) is 16.2. The molecule has 0 aliphatic carbocycles. The molecule has 1 aromatic rings. The number of anilines is 1. The van der Waals surface area contributed by atoms with Crippen molar-refractivity contribution >= 4 is 24.0 Å². The van der Waals surface area contributed by atoms with Crippen LogP contribution in [0.4, 0.5) is 10.1 Å². The molecule has 130 valence electrons. The lowest BCUT2D eigenvalue weighted by Crippen LogP contribution is -2.46. The minimum Gasteiger partial charge on any atom is -0.491 e. The third kappa shape index (κ3) is 4.80. The molecular weight excluding hydrogens is 323 g/mol. The second kappa shape index (κ2) is 8.47. The van der Waals surface area contributed by atoms with Crippen LogP contribution in [0, 0.1) is 11.2 Å². The summed E-state index contributed by atoms with van der Waals surface area (Å²) in [7, 11) is 0. The van der Waals surface area contributed by atoms with Crippen LogP contribution in [0.5, 0.6) is 5.75 Å². The van der Waals surface area contributed by atoms with Gasteiger partial charge in [0.2, 0.25) is 5.91 Å². The molecule has 0 aromatic heterocycles. The van der Waals surface area contributed by atoms with Crippen LogP contribution in [-0.4, -0.2) is 31.8 Å². The molecule has 1 aliphatic heterocycles. The maximum Gasteiger partial charge on any atom is 0.232 e. The molecule has 7 heteroatoms. The van der Waals surface area contributed by atoms with Crippen LogP contribution in [0.15, 0.2) is 18.2 Å². The summed E-state index contributed by atoms with van der Waals surface area (Å²) in [4.78, 5) is 12.5. The number of carbonyl (C=O) groups is 1. The van der Waals surface area contributed by atoms with Gasteiger partial charge in [0.1, 0.15) is 11.6 Å². The molecular formula is C16H24ClFN2O3. The van der Waals surface area contributed by atoms with E-state index < -0.39 is 11.2 Å². The maximum atomic E-state index is 14.1. The average Bonchev–Trinajstić information content (AvgIpc) is 2.50. The summed E-state index contributed by atoms with van der Waals surface area (Å²) in [5.74, 6) is -0.342. The predicted octanol–water partition coefficient (Wildman–Crippen LogP) is 2.73. The van der Waals surface area contributed by atoms with Gasteiger partial charge in [0.05, 0.1) is 17.2 Å². The van der Waals surface area contributed by atoms with Crippen LogP contribution in [0.2, 0.25) is 0 Å². The lowest BCUT2D eigenvalue weighted by Gasteiger charge is -2.34. The van der Waals surface area contributed by atoms with Gasteiger partial charge in [-0.05, 0) is 38.8 Å². The van der Waals surface area contributed by atoms with Gasteiger partial charge in [-0.25, -0.2) is 4.39 Å². The van der Waals surface area contributed by atoms with Crippen molar-refractivity contribution in [1.29, 1.82) is 0 Å². The van der Waals surface area contributed by atoms with E-state index in [1.807, 2.05) is 13.8 Å². The molecule has 1 heterocycles. The molecule has 23 heavy (non-hydrogen) atoms. The van der Waals surface area contributed by atoms with Crippen LogP contribution >= 0.6 is 12.4 Å². The first-order valence-electron chi connectivity index (χ1n) is 7.52. The highest BCUT2D eigenvalue weighted by molar-refractivity contribution is 5.95. The minimum atomic E-state index is -0.683. The molecule has 1 aromatic carbocycles. The van der Waals surface area contributed by atoms with Crippen LogP contribution < -0.4 is 15.8 Å². The number of hydrogen-bond acceptors (Lipinski definition) is 4. The monoisotopic (exact) mass is 346 g/mol. The number of nitrogens with one attached hydrogen (secondary N) is 1. The third-order valence-electron chi connectivity index (χ3n) is 3.88. The number of amides is 1. The van der Waals surface area contributed by atoms with Crippen molar-refractivity contribution < 1.29 is 18.7 Å². The van der Waals surface area contributed by atoms with E-state index >= 15 is 0 Å². The van der Waals surface area contributed by atoms with Crippen molar-refractivity contribution in [1.82, 2.24) is 0 Å². The molecule has 0 radical (unpaired) electrons. The summed E-state index contributed by atoms with van der Waals surface area (Å²) in [6.07, 6.45) is 1.05. The molecule has 1 fully saturated rings. The highest BCUT2D eigenvalue weighted by Gasteiger charge is 2.39. The van der Waals surface area contributed by atoms with E-state index in [1.54, 1.807) is 6.07 Å². The molecule has 5 nitrogen and oxygen atoms in total. The summed E-state index contributed by atoms with van der Waals surface area (Å²) < 4.78 is 24.8. The molecule has 2 rings (SSSR count). The Bertz CT molecular complexity index is 534. The highest BCUT2D eigenvalue weighted by Crippen LogP contribution is 2.31. The normalized spacial score (nSPS) is 16.6. The van der Waals surface area contributed by atoms with E-state index in [2.05, 4.69) is 5.32 Å². The molecule has 1 saturated heterocycles. The zero-order valence-corrected chi connectivity index (χ0v) is 14.2. The Morgan fingerprint density at radius 2 is 2.09 bits per heavy atom. The summed E-state index contributed by atoms with van der Waals surface area (Å²) >= 11 is 0. The van der Waals surface area contributed by atoms with Crippen molar-refractivity contribution in [2.24, 2.45) is 11.1 Å². The highest BCUT2D eigenvalue weighted by atomic mass is 35.5. The standard InChI is InChI=1S/C16H23FN2O3.ClH/c1-11(2)22-12-3-4-14(13(17)9-12)19-15(20)16(10-18)5-7-21-8-6-16;/h3-4,9,11H,5-8,10,18H2,1-2H3,(H,19,20);1H. The molecule has 0 atom stereocenters. The van der Waals surface area contributed by atoms with E-state index in [4.69, 9.17) is 15.2 Å². The molecule has 0 spiro atoms. The van der Waals surface area contributed by atoms with Crippen molar-refractivity contribution in [3.63, 3.8) is 0 Å². The van der Waals surface area contributed by atoms with Crippen LogP contribution in [0.25, 0.3) is 0 Å². The Morgan fingerprint density at radius 3 is 2.61 bits per heavy atom. The Hall–Kier alpha value is -1.37. The lowest BCUT2D eigenvalue weighted by molar-refractivity contribution is -0.130. The second-order valence-corrected chi connectivity index (χ2v) is 5.86. The Labute approximate surface area is 142 Å². The van der Waals surface area contributed by atoms with E-state index in [1.165, 1.54) is 12.1 Å².